The highest BCUT2D eigenvalue weighted by atomic mass is 19.1. The van der Waals surface area contributed by atoms with E-state index in [2.05, 4.69) is 4.98 Å². The molecule has 1 aromatic carbocycles. The summed E-state index contributed by atoms with van der Waals surface area (Å²) in [6.07, 6.45) is 0.737. The number of phenols is 1. The minimum atomic E-state index is -0.586. The largest absolute Gasteiger partial charge is 0.508 e. The smallest absolute Gasteiger partial charge is 0.227 e. The van der Waals surface area contributed by atoms with Crippen molar-refractivity contribution in [3.63, 3.8) is 0 Å². The fourth-order valence-electron chi connectivity index (χ4n) is 2.63. The molecule has 2 aromatic rings. The summed E-state index contributed by atoms with van der Waals surface area (Å²) in [6.45, 7) is 1.05. The predicted molar refractivity (Wildman–Crippen MR) is 81.6 cm³/mol. The van der Waals surface area contributed by atoms with E-state index in [1.54, 1.807) is 35.2 Å². The highest BCUT2D eigenvalue weighted by Crippen LogP contribution is 2.18. The molecule has 1 aliphatic rings. The van der Waals surface area contributed by atoms with E-state index in [0.717, 1.165) is 5.56 Å². The number of nitrogens with zero attached hydrogens (tertiary/aromatic N) is 2. The van der Waals surface area contributed by atoms with Crippen LogP contribution in [0.1, 0.15) is 12.0 Å². The maximum atomic E-state index is 13.0. The van der Waals surface area contributed by atoms with Gasteiger partial charge >= 0.3 is 0 Å². The number of rotatable bonds is 4. The summed E-state index contributed by atoms with van der Waals surface area (Å²) in [4.78, 5) is 17.7. The number of amides is 1. The number of aromatic hydroxyl groups is 1. The van der Waals surface area contributed by atoms with Gasteiger partial charge in [0.15, 0.2) is 0 Å². The zero-order valence-electron chi connectivity index (χ0n) is 12.5. The van der Waals surface area contributed by atoms with E-state index in [4.69, 9.17) is 4.74 Å². The van der Waals surface area contributed by atoms with Gasteiger partial charge < -0.3 is 14.7 Å². The second kappa shape index (κ2) is 6.64. The van der Waals surface area contributed by atoms with Crippen LogP contribution in [0.3, 0.4) is 0 Å². The Morgan fingerprint density at radius 2 is 2.17 bits per heavy atom. The number of hydrogen-bond acceptors (Lipinski definition) is 4. The molecule has 1 unspecified atom stereocenters. The van der Waals surface area contributed by atoms with Gasteiger partial charge in [0.2, 0.25) is 17.7 Å². The van der Waals surface area contributed by atoms with Crippen LogP contribution in [0, 0.1) is 5.95 Å². The Kier molecular flexibility index (Phi) is 4.41. The Bertz CT molecular complexity index is 708. The number of carbonyl (C=O) groups excluding carboxylic acids is 1. The van der Waals surface area contributed by atoms with E-state index in [1.165, 1.54) is 12.1 Å². The van der Waals surface area contributed by atoms with Crippen molar-refractivity contribution in [2.75, 3.05) is 13.1 Å². The second-order valence-electron chi connectivity index (χ2n) is 5.51. The molecule has 120 valence electrons. The number of carbonyl (C=O) groups is 1. The number of phenolic OH excluding ortho intramolecular Hbond substituents is 1. The highest BCUT2D eigenvalue weighted by molar-refractivity contribution is 5.79. The van der Waals surface area contributed by atoms with E-state index in [1.807, 2.05) is 0 Å². The van der Waals surface area contributed by atoms with Gasteiger partial charge in [-0.25, -0.2) is 0 Å². The third kappa shape index (κ3) is 3.97. The molecule has 0 bridgehead atoms. The summed E-state index contributed by atoms with van der Waals surface area (Å²) in [7, 11) is 0. The number of likely N-dealkylation sites (tertiary alicyclic amines) is 1. The van der Waals surface area contributed by atoms with Crippen LogP contribution in [-0.4, -0.2) is 40.1 Å². The van der Waals surface area contributed by atoms with E-state index in [-0.39, 0.29) is 30.1 Å². The average Bonchev–Trinajstić information content (AvgIpc) is 2.96. The summed E-state index contributed by atoms with van der Waals surface area (Å²) in [5.74, 6) is -0.224. The van der Waals surface area contributed by atoms with Gasteiger partial charge in [0.25, 0.3) is 0 Å². The Balaban J connectivity index is 1.55. The maximum Gasteiger partial charge on any atom is 0.227 e. The van der Waals surface area contributed by atoms with E-state index in [0.29, 0.717) is 19.5 Å². The molecule has 1 aromatic heterocycles. The molecule has 1 N–H and O–H groups in total. The van der Waals surface area contributed by atoms with Crippen LogP contribution in [-0.2, 0) is 11.2 Å². The summed E-state index contributed by atoms with van der Waals surface area (Å²) >= 11 is 0. The van der Waals surface area contributed by atoms with Gasteiger partial charge in [-0.05, 0) is 23.8 Å². The van der Waals surface area contributed by atoms with Crippen LogP contribution >= 0.6 is 0 Å². The monoisotopic (exact) mass is 316 g/mol. The standard InChI is InChI=1S/C17H17FN2O3/c18-15-5-2-6-16(19-15)23-14-7-8-20(11-14)17(22)10-12-3-1-4-13(21)9-12/h1-6,9,14,21H,7-8,10-11H2. The molecule has 23 heavy (non-hydrogen) atoms. The molecular weight excluding hydrogens is 299 g/mol. The first-order valence-corrected chi connectivity index (χ1v) is 7.45. The number of aromatic nitrogens is 1. The molecule has 1 atom stereocenters. The predicted octanol–water partition coefficient (Wildman–Crippen LogP) is 2.15. The van der Waals surface area contributed by atoms with Gasteiger partial charge in [-0.15, -0.1) is 0 Å². The maximum absolute atomic E-state index is 13.0. The van der Waals surface area contributed by atoms with Gasteiger partial charge in [0.05, 0.1) is 13.0 Å². The summed E-state index contributed by atoms with van der Waals surface area (Å²) in [6, 6.07) is 11.1. The van der Waals surface area contributed by atoms with Crippen molar-refractivity contribution in [3.05, 3.63) is 54.0 Å². The van der Waals surface area contributed by atoms with Gasteiger partial charge in [0, 0.05) is 19.0 Å². The summed E-state index contributed by atoms with van der Waals surface area (Å²) in [5.41, 5.74) is 0.770. The summed E-state index contributed by atoms with van der Waals surface area (Å²) in [5, 5.41) is 9.44. The minimum absolute atomic E-state index is 0.0195. The molecule has 2 heterocycles. The molecule has 3 rings (SSSR count). The fraction of sp³-hybridized carbons (Fsp3) is 0.294. The molecule has 0 radical (unpaired) electrons. The van der Waals surface area contributed by atoms with Crippen molar-refractivity contribution in [3.8, 4) is 11.6 Å². The Hall–Kier alpha value is -2.63. The van der Waals surface area contributed by atoms with Crippen molar-refractivity contribution in [2.24, 2.45) is 0 Å². The molecule has 1 fully saturated rings. The molecule has 0 saturated carbocycles. The lowest BCUT2D eigenvalue weighted by atomic mass is 10.1. The van der Waals surface area contributed by atoms with E-state index < -0.39 is 5.95 Å². The Labute approximate surface area is 133 Å². The SMILES string of the molecule is O=C(Cc1cccc(O)c1)N1CCC(Oc2cccc(F)n2)C1. The van der Waals surface area contributed by atoms with E-state index >= 15 is 0 Å². The highest BCUT2D eigenvalue weighted by Gasteiger charge is 2.27. The van der Waals surface area contributed by atoms with Crippen molar-refractivity contribution in [1.82, 2.24) is 9.88 Å². The molecule has 1 aliphatic heterocycles. The molecule has 1 saturated heterocycles. The lowest BCUT2D eigenvalue weighted by Gasteiger charge is -2.17. The van der Waals surface area contributed by atoms with Gasteiger partial charge in [0.1, 0.15) is 11.9 Å². The van der Waals surface area contributed by atoms with Crippen LogP contribution in [0.2, 0.25) is 0 Å². The third-order valence-electron chi connectivity index (χ3n) is 3.74. The van der Waals surface area contributed by atoms with Crippen LogP contribution in [0.25, 0.3) is 0 Å². The molecule has 0 aliphatic carbocycles. The number of halogens is 1. The zero-order valence-corrected chi connectivity index (χ0v) is 12.5. The Morgan fingerprint density at radius 3 is 2.96 bits per heavy atom. The van der Waals surface area contributed by atoms with Gasteiger partial charge in [-0.1, -0.05) is 18.2 Å². The van der Waals surface area contributed by atoms with Gasteiger partial charge in [-0.3, -0.25) is 4.79 Å². The quantitative estimate of drug-likeness (QED) is 0.878. The van der Waals surface area contributed by atoms with Crippen molar-refractivity contribution in [1.29, 1.82) is 0 Å². The van der Waals surface area contributed by atoms with Crippen molar-refractivity contribution >= 4 is 5.91 Å². The number of hydrogen-bond donors (Lipinski definition) is 1. The van der Waals surface area contributed by atoms with Crippen molar-refractivity contribution in [2.45, 2.75) is 18.9 Å². The lowest BCUT2D eigenvalue weighted by Crippen LogP contribution is -2.32. The first-order chi connectivity index (χ1) is 11.1. The minimum Gasteiger partial charge on any atom is -0.508 e. The van der Waals surface area contributed by atoms with Crippen molar-refractivity contribution < 1.29 is 19.0 Å². The molecular formula is C17H17FN2O3. The van der Waals surface area contributed by atoms with Crippen LogP contribution in [0.15, 0.2) is 42.5 Å². The lowest BCUT2D eigenvalue weighted by molar-refractivity contribution is -0.129. The topological polar surface area (TPSA) is 62.7 Å². The molecule has 5 nitrogen and oxygen atoms in total. The average molecular weight is 316 g/mol. The number of ether oxygens (including phenoxy) is 1. The van der Waals surface area contributed by atoms with Crippen LogP contribution < -0.4 is 4.74 Å². The number of benzene rings is 1. The molecule has 0 spiro atoms. The fourth-order valence-corrected chi connectivity index (χ4v) is 2.63. The third-order valence-corrected chi connectivity index (χ3v) is 3.74. The second-order valence-corrected chi connectivity index (χ2v) is 5.51. The van der Waals surface area contributed by atoms with E-state index in [9.17, 15) is 14.3 Å². The summed E-state index contributed by atoms with van der Waals surface area (Å²) < 4.78 is 18.7. The first-order valence-electron chi connectivity index (χ1n) is 7.45. The van der Waals surface area contributed by atoms with Crippen LogP contribution in [0.5, 0.6) is 11.6 Å². The van der Waals surface area contributed by atoms with Gasteiger partial charge in [-0.2, -0.15) is 9.37 Å². The zero-order chi connectivity index (χ0) is 16.2. The molecule has 6 heteroatoms. The Morgan fingerprint density at radius 1 is 1.35 bits per heavy atom. The van der Waals surface area contributed by atoms with Crippen LogP contribution in [0.4, 0.5) is 4.39 Å². The number of pyridine rings is 1. The first kappa shape index (κ1) is 15.3. The molecule has 1 amide bonds. The normalized spacial score (nSPS) is 17.3.